The third-order valence-electron chi connectivity index (χ3n) is 4.44. The first-order valence-electron chi connectivity index (χ1n) is 8.50. The van der Waals surface area contributed by atoms with Gasteiger partial charge in [-0.05, 0) is 70.7 Å². The molecule has 6 heteroatoms. The SMILES string of the molecule is Cc1cc2nc(N(Cc3ccccc3)C(=O)c3ccc(Br)s3)sc2cc1C. The normalized spacial score (nSPS) is 11.1. The van der Waals surface area contributed by atoms with Crippen molar-refractivity contribution < 1.29 is 4.79 Å². The number of halogens is 1. The van der Waals surface area contributed by atoms with E-state index in [4.69, 9.17) is 4.98 Å². The average Bonchev–Trinajstić information content (AvgIpc) is 3.26. The van der Waals surface area contributed by atoms with Crippen LogP contribution in [0.1, 0.15) is 26.4 Å². The second kappa shape index (κ2) is 7.54. The molecule has 0 fully saturated rings. The van der Waals surface area contributed by atoms with Crippen LogP contribution in [-0.2, 0) is 6.54 Å². The number of anilines is 1. The number of thiophene rings is 1. The molecule has 0 N–H and O–H groups in total. The number of carbonyl (C=O) groups is 1. The molecule has 136 valence electrons. The Hall–Kier alpha value is -2.02. The standard InChI is InChI=1S/C21H17BrN2OS2/c1-13-10-16-18(11-14(13)2)27-21(23-16)24(12-15-6-4-3-5-7-15)20(25)17-8-9-19(22)26-17/h3-11H,12H2,1-2H3. The summed E-state index contributed by atoms with van der Waals surface area (Å²) in [6.45, 7) is 4.68. The maximum atomic E-state index is 13.3. The van der Waals surface area contributed by atoms with Crippen LogP contribution in [0, 0.1) is 13.8 Å². The fourth-order valence-electron chi connectivity index (χ4n) is 2.84. The molecule has 0 spiro atoms. The van der Waals surface area contributed by atoms with Crippen molar-refractivity contribution in [3.8, 4) is 0 Å². The molecule has 2 aromatic heterocycles. The zero-order valence-electron chi connectivity index (χ0n) is 14.9. The van der Waals surface area contributed by atoms with Gasteiger partial charge < -0.3 is 0 Å². The van der Waals surface area contributed by atoms with Crippen LogP contribution in [0.25, 0.3) is 10.2 Å². The lowest BCUT2D eigenvalue weighted by Crippen LogP contribution is -2.29. The van der Waals surface area contributed by atoms with E-state index in [-0.39, 0.29) is 5.91 Å². The molecule has 1 amide bonds. The second-order valence-corrected chi connectivity index (χ2v) is 9.85. The molecule has 2 heterocycles. The topological polar surface area (TPSA) is 33.2 Å². The molecule has 0 radical (unpaired) electrons. The van der Waals surface area contributed by atoms with Crippen molar-refractivity contribution in [1.82, 2.24) is 4.98 Å². The Morgan fingerprint density at radius 3 is 2.48 bits per heavy atom. The first kappa shape index (κ1) is 18.3. The van der Waals surface area contributed by atoms with E-state index in [0.29, 0.717) is 11.4 Å². The molecule has 0 atom stereocenters. The first-order valence-corrected chi connectivity index (χ1v) is 10.9. The number of benzene rings is 2. The van der Waals surface area contributed by atoms with Crippen molar-refractivity contribution in [2.45, 2.75) is 20.4 Å². The maximum absolute atomic E-state index is 13.3. The summed E-state index contributed by atoms with van der Waals surface area (Å²) in [5.74, 6) is -0.0259. The number of thiazole rings is 1. The summed E-state index contributed by atoms with van der Waals surface area (Å²) in [6, 6.07) is 18.0. The number of aromatic nitrogens is 1. The van der Waals surface area contributed by atoms with Crippen molar-refractivity contribution in [3.05, 3.63) is 80.0 Å². The number of hydrogen-bond acceptors (Lipinski definition) is 4. The Balaban J connectivity index is 1.78. The quantitative estimate of drug-likeness (QED) is 0.347. The van der Waals surface area contributed by atoms with E-state index < -0.39 is 0 Å². The van der Waals surface area contributed by atoms with Crippen molar-refractivity contribution in [1.29, 1.82) is 0 Å². The number of aryl methyl sites for hydroxylation is 2. The Morgan fingerprint density at radius 2 is 1.78 bits per heavy atom. The van der Waals surface area contributed by atoms with E-state index in [9.17, 15) is 4.79 Å². The van der Waals surface area contributed by atoms with E-state index in [0.717, 1.165) is 24.7 Å². The minimum atomic E-state index is -0.0259. The lowest BCUT2D eigenvalue weighted by atomic mass is 10.1. The first-order chi connectivity index (χ1) is 13.0. The summed E-state index contributed by atoms with van der Waals surface area (Å²) in [5.41, 5.74) is 4.47. The van der Waals surface area contributed by atoms with Gasteiger partial charge in [-0.15, -0.1) is 11.3 Å². The van der Waals surface area contributed by atoms with Crippen LogP contribution in [0.3, 0.4) is 0 Å². The van der Waals surface area contributed by atoms with E-state index in [1.165, 1.54) is 22.5 Å². The van der Waals surface area contributed by atoms with Gasteiger partial charge in [-0.3, -0.25) is 9.69 Å². The van der Waals surface area contributed by atoms with Crippen molar-refractivity contribution >= 4 is 59.9 Å². The molecule has 27 heavy (non-hydrogen) atoms. The number of nitrogens with zero attached hydrogens (tertiary/aromatic N) is 2. The Labute approximate surface area is 174 Å². The molecule has 0 saturated carbocycles. The second-order valence-electron chi connectivity index (χ2n) is 6.38. The molecule has 0 bridgehead atoms. The van der Waals surface area contributed by atoms with E-state index in [1.54, 1.807) is 16.2 Å². The van der Waals surface area contributed by atoms with Gasteiger partial charge in [-0.2, -0.15) is 0 Å². The third kappa shape index (κ3) is 3.83. The summed E-state index contributed by atoms with van der Waals surface area (Å²) >= 11 is 6.46. The van der Waals surface area contributed by atoms with E-state index in [2.05, 4.69) is 41.9 Å². The fraction of sp³-hybridized carbons (Fsp3) is 0.143. The van der Waals surface area contributed by atoms with Crippen molar-refractivity contribution in [2.24, 2.45) is 0 Å². The summed E-state index contributed by atoms with van der Waals surface area (Å²) in [4.78, 5) is 20.5. The number of fused-ring (bicyclic) bond motifs is 1. The van der Waals surface area contributed by atoms with Crippen LogP contribution in [0.5, 0.6) is 0 Å². The highest BCUT2D eigenvalue weighted by atomic mass is 79.9. The van der Waals surface area contributed by atoms with Crippen LogP contribution in [0.4, 0.5) is 5.13 Å². The lowest BCUT2D eigenvalue weighted by molar-refractivity contribution is 0.0989. The van der Waals surface area contributed by atoms with Gasteiger partial charge >= 0.3 is 0 Å². The fourth-order valence-corrected chi connectivity index (χ4v) is 5.22. The molecule has 0 aliphatic heterocycles. The monoisotopic (exact) mass is 456 g/mol. The third-order valence-corrected chi connectivity index (χ3v) is 7.09. The molecule has 0 saturated heterocycles. The lowest BCUT2D eigenvalue weighted by Gasteiger charge is -2.19. The zero-order chi connectivity index (χ0) is 19.0. The van der Waals surface area contributed by atoms with Gasteiger partial charge in [0.1, 0.15) is 0 Å². The molecule has 0 aliphatic carbocycles. The summed E-state index contributed by atoms with van der Waals surface area (Å²) in [5, 5.41) is 0.730. The smallest absolute Gasteiger partial charge is 0.270 e. The minimum Gasteiger partial charge on any atom is -0.279 e. The molecule has 2 aromatic carbocycles. The molecule has 3 nitrogen and oxygen atoms in total. The molecule has 4 rings (SSSR count). The largest absolute Gasteiger partial charge is 0.279 e. The number of hydrogen-bond donors (Lipinski definition) is 0. The van der Waals surface area contributed by atoms with Gasteiger partial charge in [0, 0.05) is 0 Å². The maximum Gasteiger partial charge on any atom is 0.270 e. The predicted molar refractivity (Wildman–Crippen MR) is 118 cm³/mol. The van der Waals surface area contributed by atoms with E-state index in [1.807, 2.05) is 42.5 Å². The van der Waals surface area contributed by atoms with Crippen LogP contribution in [-0.4, -0.2) is 10.9 Å². The molecular formula is C21H17BrN2OS2. The van der Waals surface area contributed by atoms with Crippen LogP contribution >= 0.6 is 38.6 Å². The van der Waals surface area contributed by atoms with Gasteiger partial charge in [0.2, 0.25) is 0 Å². The molecule has 4 aromatic rings. The van der Waals surface area contributed by atoms with Crippen LogP contribution < -0.4 is 4.90 Å². The van der Waals surface area contributed by atoms with Gasteiger partial charge in [0.15, 0.2) is 5.13 Å². The summed E-state index contributed by atoms with van der Waals surface area (Å²) in [7, 11) is 0. The van der Waals surface area contributed by atoms with Crippen LogP contribution in [0.15, 0.2) is 58.4 Å². The predicted octanol–water partition coefficient (Wildman–Crippen LogP) is 6.58. The highest BCUT2D eigenvalue weighted by molar-refractivity contribution is 9.11. The van der Waals surface area contributed by atoms with Gasteiger partial charge in [-0.25, -0.2) is 4.98 Å². The molecular weight excluding hydrogens is 440 g/mol. The number of rotatable bonds is 4. The zero-order valence-corrected chi connectivity index (χ0v) is 18.1. The van der Waals surface area contributed by atoms with Crippen LogP contribution in [0.2, 0.25) is 0 Å². The number of carbonyl (C=O) groups excluding carboxylic acids is 1. The Morgan fingerprint density at radius 1 is 1.04 bits per heavy atom. The molecule has 0 unspecified atom stereocenters. The number of amides is 1. The van der Waals surface area contributed by atoms with Crippen molar-refractivity contribution in [3.63, 3.8) is 0 Å². The average molecular weight is 457 g/mol. The van der Waals surface area contributed by atoms with Gasteiger partial charge in [-0.1, -0.05) is 41.7 Å². The van der Waals surface area contributed by atoms with Gasteiger partial charge in [0.05, 0.1) is 25.4 Å². The highest BCUT2D eigenvalue weighted by Gasteiger charge is 2.23. The summed E-state index contributed by atoms with van der Waals surface area (Å²) in [6.07, 6.45) is 0. The Kier molecular flexibility index (Phi) is 5.12. The van der Waals surface area contributed by atoms with Crippen molar-refractivity contribution in [2.75, 3.05) is 4.90 Å². The summed E-state index contributed by atoms with van der Waals surface area (Å²) < 4.78 is 2.05. The van der Waals surface area contributed by atoms with Gasteiger partial charge in [0.25, 0.3) is 5.91 Å². The highest BCUT2D eigenvalue weighted by Crippen LogP contribution is 2.33. The Bertz CT molecular complexity index is 1080. The minimum absolute atomic E-state index is 0.0259. The molecule has 0 aliphatic rings. The van der Waals surface area contributed by atoms with E-state index >= 15 is 0 Å².